The summed E-state index contributed by atoms with van der Waals surface area (Å²) in [6.45, 7) is 16.2. The zero-order chi connectivity index (χ0) is 41.1. The second kappa shape index (κ2) is 18.5. The molecule has 1 aromatic rings. The van der Waals surface area contributed by atoms with E-state index < -0.39 is 48.6 Å². The summed E-state index contributed by atoms with van der Waals surface area (Å²) in [6, 6.07) is 6.57. The van der Waals surface area contributed by atoms with Gasteiger partial charge in [-0.2, -0.15) is 0 Å². The van der Waals surface area contributed by atoms with Crippen molar-refractivity contribution in [3.63, 3.8) is 0 Å². The first-order chi connectivity index (χ1) is 27.1. The number of ether oxygens (including phenoxy) is 6. The minimum absolute atomic E-state index is 0.0997. The molecule has 4 aliphatic carbocycles. The molecule has 1 heterocycles. The molecule has 6 rings (SSSR count). The van der Waals surface area contributed by atoms with Gasteiger partial charge in [0.15, 0.2) is 18.5 Å². The Labute approximate surface area is 341 Å². The van der Waals surface area contributed by atoms with E-state index in [2.05, 4.69) is 34.6 Å². The molecule has 0 spiro atoms. The van der Waals surface area contributed by atoms with Crippen LogP contribution in [0.1, 0.15) is 138 Å². The molecule has 1 aromatic carbocycles. The smallest absolute Gasteiger partial charge is 0.303 e. The average Bonchev–Trinajstić information content (AvgIpc) is 3.52. The molecule has 318 valence electrons. The molecule has 0 unspecified atom stereocenters. The fraction of sp³-hybridized carbons (Fsp3) is 0.787. The molecule has 14 atom stereocenters. The Hall–Kier alpha value is -2.98. The zero-order valence-electron chi connectivity index (χ0n) is 36.2. The summed E-state index contributed by atoms with van der Waals surface area (Å²) < 4.78 is 35.9. The zero-order valence-corrected chi connectivity index (χ0v) is 36.2. The van der Waals surface area contributed by atoms with Gasteiger partial charge in [0.05, 0.1) is 13.2 Å². The highest BCUT2D eigenvalue weighted by molar-refractivity contribution is 5.80. The summed E-state index contributed by atoms with van der Waals surface area (Å²) in [5.41, 5.74) is 1.53. The lowest BCUT2D eigenvalue weighted by atomic mass is 9.44. The Morgan fingerprint density at radius 2 is 1.53 bits per heavy atom. The van der Waals surface area contributed by atoms with Crippen LogP contribution in [0.15, 0.2) is 29.3 Å². The van der Waals surface area contributed by atoms with Crippen LogP contribution in [-0.2, 0) is 38.1 Å². The molecule has 0 amide bonds. The maximum Gasteiger partial charge on any atom is 0.303 e. The second-order valence-electron chi connectivity index (χ2n) is 19.3. The maximum atomic E-state index is 12.6. The van der Waals surface area contributed by atoms with Gasteiger partial charge in [-0.25, -0.2) is 0 Å². The number of benzene rings is 1. The van der Waals surface area contributed by atoms with Crippen molar-refractivity contribution in [3.05, 3.63) is 29.8 Å². The number of hydrogen-bond acceptors (Lipinski definition) is 10. The summed E-state index contributed by atoms with van der Waals surface area (Å²) in [6.07, 6.45) is 12.5. The third-order valence-electron chi connectivity index (χ3n) is 15.3. The molecule has 5 fully saturated rings. The van der Waals surface area contributed by atoms with Crippen molar-refractivity contribution in [1.29, 1.82) is 0 Å². The minimum atomic E-state index is -1.08. The number of hydrogen-bond donors (Lipinski definition) is 0. The van der Waals surface area contributed by atoms with Gasteiger partial charge in [0.25, 0.3) is 0 Å². The Bertz CT molecular complexity index is 1560. The molecule has 5 aliphatic rings. The van der Waals surface area contributed by atoms with Gasteiger partial charge in [0.1, 0.15) is 24.5 Å². The summed E-state index contributed by atoms with van der Waals surface area (Å²) in [5.74, 6) is 4.42. The molecule has 10 heteroatoms. The Balaban J connectivity index is 1.20. The number of nitrogens with zero attached hydrogens (tertiary/aromatic N) is 1. The van der Waals surface area contributed by atoms with Gasteiger partial charge < -0.3 is 28.4 Å². The number of carbonyl (C=O) groups excluding carboxylic acids is 3. The van der Waals surface area contributed by atoms with Crippen molar-refractivity contribution in [2.45, 2.75) is 169 Å². The van der Waals surface area contributed by atoms with Crippen LogP contribution in [0.2, 0.25) is 0 Å². The monoisotopic (exact) mass is 794 g/mol. The normalized spacial score (nSPS) is 38.1. The summed E-state index contributed by atoms with van der Waals surface area (Å²) >= 11 is 0. The number of esters is 3. The summed E-state index contributed by atoms with van der Waals surface area (Å²) in [5, 5.41) is 0. The highest BCUT2D eigenvalue weighted by Gasteiger charge is 2.61. The van der Waals surface area contributed by atoms with Crippen LogP contribution in [0.5, 0.6) is 5.75 Å². The van der Waals surface area contributed by atoms with Crippen LogP contribution >= 0.6 is 0 Å². The van der Waals surface area contributed by atoms with Crippen LogP contribution in [0, 0.1) is 52.3 Å². The quantitative estimate of drug-likeness (QED) is 0.0787. The van der Waals surface area contributed by atoms with Crippen molar-refractivity contribution in [2.75, 3.05) is 13.7 Å². The van der Waals surface area contributed by atoms with Crippen LogP contribution in [0.25, 0.3) is 0 Å². The minimum Gasteiger partial charge on any atom is -0.497 e. The largest absolute Gasteiger partial charge is 0.497 e. The van der Waals surface area contributed by atoms with E-state index in [0.717, 1.165) is 60.3 Å². The molecule has 0 N–H and O–H groups in total. The lowest BCUT2D eigenvalue weighted by Crippen LogP contribution is -2.62. The predicted molar refractivity (Wildman–Crippen MR) is 219 cm³/mol. The highest BCUT2D eigenvalue weighted by atomic mass is 16.7. The lowest BCUT2D eigenvalue weighted by Gasteiger charge is -2.61. The Morgan fingerprint density at radius 3 is 2.19 bits per heavy atom. The van der Waals surface area contributed by atoms with Crippen molar-refractivity contribution in [1.82, 2.24) is 0 Å². The van der Waals surface area contributed by atoms with E-state index in [1.54, 1.807) is 13.3 Å². The number of methoxy groups -OCH3 is 1. The van der Waals surface area contributed by atoms with Crippen LogP contribution in [0.3, 0.4) is 0 Å². The van der Waals surface area contributed by atoms with Crippen molar-refractivity contribution in [2.24, 2.45) is 57.2 Å². The summed E-state index contributed by atoms with van der Waals surface area (Å²) in [4.78, 5) is 41.9. The standard InChI is InChI=1S/C47H71NO9/c1-28(2)11-10-12-29(3)38-19-20-39-37-18-15-34-25-36(21-23-46(34,7)40(37)22-24-47(38,39)8)56-45-42(48-26-33-13-16-35(52-9)17-14-33)44(55-32(6)51)43(54-31(5)50)41(57-45)27-53-30(4)49/h13-14,16-17,26,28-29,34,36-45H,10-12,15,18-25,27H2,1-9H3/t29-,34+,36+,37+,38-,39+,40+,41-,42-,43-,44-,45+,46+,47-/m1/s1. The number of fused-ring (bicyclic) bond motifs is 5. The molecule has 1 saturated heterocycles. The maximum absolute atomic E-state index is 12.6. The molecular weight excluding hydrogens is 723 g/mol. The van der Waals surface area contributed by atoms with Gasteiger partial charge in [-0.3, -0.25) is 19.4 Å². The topological polar surface area (TPSA) is 119 Å². The first-order valence-electron chi connectivity index (χ1n) is 22.1. The lowest BCUT2D eigenvalue weighted by molar-refractivity contribution is -0.289. The van der Waals surface area contributed by atoms with E-state index in [9.17, 15) is 14.4 Å². The Morgan fingerprint density at radius 1 is 0.842 bits per heavy atom. The molecule has 4 saturated carbocycles. The third kappa shape index (κ3) is 9.74. The van der Waals surface area contributed by atoms with Crippen molar-refractivity contribution in [3.8, 4) is 5.75 Å². The third-order valence-corrected chi connectivity index (χ3v) is 15.3. The molecule has 0 bridgehead atoms. The summed E-state index contributed by atoms with van der Waals surface area (Å²) in [7, 11) is 1.61. The van der Waals surface area contributed by atoms with E-state index in [-0.39, 0.29) is 18.1 Å². The fourth-order valence-electron chi connectivity index (χ4n) is 12.6. The van der Waals surface area contributed by atoms with Crippen molar-refractivity contribution < 1.29 is 42.8 Å². The number of rotatable bonds is 14. The molecule has 57 heavy (non-hydrogen) atoms. The number of aliphatic imine (C=N–C) groups is 1. The van der Waals surface area contributed by atoms with Gasteiger partial charge >= 0.3 is 17.9 Å². The number of carbonyl (C=O) groups is 3. The van der Waals surface area contributed by atoms with Crippen LogP contribution in [0.4, 0.5) is 0 Å². The van der Waals surface area contributed by atoms with Crippen LogP contribution in [-0.4, -0.2) is 74.6 Å². The second-order valence-corrected chi connectivity index (χ2v) is 19.3. The molecular formula is C47H71NO9. The first kappa shape index (κ1) is 43.6. The van der Waals surface area contributed by atoms with Crippen molar-refractivity contribution >= 4 is 24.1 Å². The van der Waals surface area contributed by atoms with E-state index in [0.29, 0.717) is 17.1 Å². The highest BCUT2D eigenvalue weighted by Crippen LogP contribution is 2.68. The van der Waals surface area contributed by atoms with E-state index in [4.69, 9.17) is 33.4 Å². The average molecular weight is 794 g/mol. The van der Waals surface area contributed by atoms with E-state index in [1.165, 1.54) is 78.6 Å². The van der Waals surface area contributed by atoms with E-state index in [1.807, 2.05) is 24.3 Å². The van der Waals surface area contributed by atoms with Gasteiger partial charge in [-0.05, 0) is 140 Å². The van der Waals surface area contributed by atoms with E-state index >= 15 is 0 Å². The molecule has 10 nitrogen and oxygen atoms in total. The van der Waals surface area contributed by atoms with Crippen LogP contribution < -0.4 is 4.74 Å². The predicted octanol–water partition coefficient (Wildman–Crippen LogP) is 9.14. The Kier molecular flexibility index (Phi) is 14.2. The van der Waals surface area contributed by atoms with Gasteiger partial charge in [-0.1, -0.05) is 53.9 Å². The SMILES string of the molecule is COc1ccc(C=N[C@H]2[C@@H](O[C@H]3CC[C@@]4(C)[C@@H](CC[C@@H]5[C@@H]4CC[C@]4(C)[C@@H]([C@H](C)CCCC(C)C)CC[C@@H]54)C3)O[C@H](COC(C)=O)[C@@H](OC(C)=O)[C@@H]2OC(C)=O)cc1. The molecule has 0 aromatic heterocycles. The fourth-order valence-corrected chi connectivity index (χ4v) is 12.6. The van der Waals surface area contributed by atoms with Gasteiger partial charge in [0, 0.05) is 27.0 Å². The van der Waals surface area contributed by atoms with Gasteiger partial charge in [0.2, 0.25) is 0 Å². The first-order valence-corrected chi connectivity index (χ1v) is 22.1. The van der Waals surface area contributed by atoms with Gasteiger partial charge in [-0.15, -0.1) is 0 Å². The molecule has 1 aliphatic heterocycles. The molecule has 0 radical (unpaired) electrons.